The van der Waals surface area contributed by atoms with Crippen LogP contribution in [0.1, 0.15) is 41.3 Å². The Hall–Kier alpha value is -2.47. The van der Waals surface area contributed by atoms with Crippen molar-refractivity contribution >= 4 is 12.1 Å². The second-order valence-corrected chi connectivity index (χ2v) is 5.94. The first kappa shape index (κ1) is 17.4. The van der Waals surface area contributed by atoms with Gasteiger partial charge in [-0.1, -0.05) is 6.07 Å². The van der Waals surface area contributed by atoms with E-state index in [0.29, 0.717) is 17.9 Å². The topological polar surface area (TPSA) is 73.3 Å². The summed E-state index contributed by atoms with van der Waals surface area (Å²) < 4.78 is 11.1. The number of anilines is 1. The van der Waals surface area contributed by atoms with Gasteiger partial charge in [-0.25, -0.2) is 0 Å². The predicted molar refractivity (Wildman–Crippen MR) is 96.2 cm³/mol. The number of rotatable bonds is 7. The van der Waals surface area contributed by atoms with E-state index in [1.807, 2.05) is 20.0 Å². The van der Waals surface area contributed by atoms with Crippen LogP contribution >= 0.6 is 0 Å². The number of ether oxygens (including phenoxy) is 2. The molecule has 132 valence electrons. The first-order valence-corrected chi connectivity index (χ1v) is 8.64. The Balaban J connectivity index is 2.07. The molecule has 6 heteroatoms. The van der Waals surface area contributed by atoms with E-state index in [0.717, 1.165) is 49.0 Å². The van der Waals surface area contributed by atoms with E-state index in [1.54, 1.807) is 12.1 Å². The van der Waals surface area contributed by atoms with E-state index in [-0.39, 0.29) is 6.79 Å². The Labute approximate surface area is 147 Å². The summed E-state index contributed by atoms with van der Waals surface area (Å²) in [5.41, 5.74) is 4.68. The molecule has 1 N–H and O–H groups in total. The van der Waals surface area contributed by atoms with Gasteiger partial charge >= 0.3 is 0 Å². The van der Waals surface area contributed by atoms with E-state index in [2.05, 4.69) is 15.5 Å². The summed E-state index contributed by atoms with van der Waals surface area (Å²) in [6, 6.07) is 5.38. The summed E-state index contributed by atoms with van der Waals surface area (Å²) >= 11 is 0. The molecule has 0 bridgehead atoms. The molecule has 1 aliphatic rings. The number of nitrogens with zero attached hydrogens (tertiary/aromatic N) is 2. The van der Waals surface area contributed by atoms with Gasteiger partial charge in [-0.3, -0.25) is 4.79 Å². The summed E-state index contributed by atoms with van der Waals surface area (Å²) in [6.45, 7) is 2.61. The van der Waals surface area contributed by atoms with Gasteiger partial charge in [-0.05, 0) is 50.3 Å². The van der Waals surface area contributed by atoms with Crippen molar-refractivity contribution in [3.63, 3.8) is 0 Å². The maximum absolute atomic E-state index is 11.1. The second kappa shape index (κ2) is 8.07. The number of aldehydes is 1. The average Bonchev–Trinajstić information content (AvgIpc) is 2.67. The van der Waals surface area contributed by atoms with Crippen LogP contribution in [-0.2, 0) is 17.6 Å². The lowest BCUT2D eigenvalue weighted by Crippen LogP contribution is -2.12. The number of fused-ring (bicyclic) bond motifs is 1. The first-order valence-electron chi connectivity index (χ1n) is 8.64. The quantitative estimate of drug-likeness (QED) is 0.473. The van der Waals surface area contributed by atoms with Crippen molar-refractivity contribution in [1.29, 1.82) is 0 Å². The Morgan fingerprint density at radius 3 is 2.72 bits per heavy atom. The third-order valence-electron chi connectivity index (χ3n) is 4.43. The van der Waals surface area contributed by atoms with Crippen LogP contribution in [0.4, 0.5) is 5.82 Å². The standard InChI is InChI=1S/C19H23N3O3/c1-3-24-12-25-17-10-13(11-23)8-9-16(17)18-14-6-4-5-7-15(14)19(20-2)22-21-18/h8-11H,3-7,12H2,1-2H3,(H,20,22). The summed E-state index contributed by atoms with van der Waals surface area (Å²) in [5.74, 6) is 1.44. The molecule has 3 rings (SSSR count). The monoisotopic (exact) mass is 341 g/mol. The normalized spacial score (nSPS) is 13.2. The lowest BCUT2D eigenvalue weighted by Gasteiger charge is -2.21. The third-order valence-corrected chi connectivity index (χ3v) is 4.43. The van der Waals surface area contributed by atoms with Crippen LogP contribution in [-0.4, -0.2) is 36.9 Å². The molecule has 0 aliphatic heterocycles. The van der Waals surface area contributed by atoms with Gasteiger partial charge in [0, 0.05) is 30.3 Å². The highest BCUT2D eigenvalue weighted by Gasteiger charge is 2.22. The van der Waals surface area contributed by atoms with E-state index < -0.39 is 0 Å². The Morgan fingerprint density at radius 1 is 1.20 bits per heavy atom. The lowest BCUT2D eigenvalue weighted by atomic mass is 9.89. The van der Waals surface area contributed by atoms with Crippen LogP contribution < -0.4 is 10.1 Å². The fourth-order valence-electron chi connectivity index (χ4n) is 3.18. The van der Waals surface area contributed by atoms with Crippen LogP contribution in [0.2, 0.25) is 0 Å². The molecule has 1 aromatic carbocycles. The summed E-state index contributed by atoms with van der Waals surface area (Å²) in [4.78, 5) is 11.1. The highest BCUT2D eigenvalue weighted by Crippen LogP contribution is 2.37. The summed E-state index contributed by atoms with van der Waals surface area (Å²) in [7, 11) is 1.87. The van der Waals surface area contributed by atoms with Gasteiger partial charge in [0.2, 0.25) is 0 Å². The average molecular weight is 341 g/mol. The number of hydrogen-bond donors (Lipinski definition) is 1. The second-order valence-electron chi connectivity index (χ2n) is 5.94. The number of carbonyl (C=O) groups is 1. The van der Waals surface area contributed by atoms with Crippen molar-refractivity contribution in [2.45, 2.75) is 32.6 Å². The zero-order valence-corrected chi connectivity index (χ0v) is 14.7. The van der Waals surface area contributed by atoms with Gasteiger partial charge in [0.25, 0.3) is 0 Å². The Morgan fingerprint density at radius 2 is 2.00 bits per heavy atom. The van der Waals surface area contributed by atoms with Gasteiger partial charge in [0.05, 0.1) is 0 Å². The van der Waals surface area contributed by atoms with Crippen LogP contribution in [0.5, 0.6) is 5.75 Å². The molecule has 0 saturated heterocycles. The van der Waals surface area contributed by atoms with Crippen LogP contribution in [0, 0.1) is 0 Å². The van der Waals surface area contributed by atoms with Crippen molar-refractivity contribution in [3.05, 3.63) is 34.9 Å². The molecule has 0 radical (unpaired) electrons. The summed E-state index contributed by atoms with van der Waals surface area (Å²) in [5, 5.41) is 11.9. The molecule has 0 spiro atoms. The third kappa shape index (κ3) is 3.64. The lowest BCUT2D eigenvalue weighted by molar-refractivity contribution is 0.0227. The number of aromatic nitrogens is 2. The number of hydrogen-bond acceptors (Lipinski definition) is 6. The van der Waals surface area contributed by atoms with E-state index in [1.165, 1.54) is 11.1 Å². The molecule has 1 heterocycles. The van der Waals surface area contributed by atoms with Gasteiger partial charge in [0.15, 0.2) is 12.6 Å². The smallest absolute Gasteiger partial charge is 0.189 e. The Kier molecular flexibility index (Phi) is 5.60. The first-order chi connectivity index (χ1) is 12.3. The van der Waals surface area contributed by atoms with Crippen LogP contribution in [0.15, 0.2) is 18.2 Å². The van der Waals surface area contributed by atoms with E-state index in [9.17, 15) is 4.79 Å². The van der Waals surface area contributed by atoms with Gasteiger partial charge < -0.3 is 14.8 Å². The number of benzene rings is 1. The Bertz CT molecular complexity index is 762. The molecule has 2 aromatic rings. The molecule has 1 aliphatic carbocycles. The highest BCUT2D eigenvalue weighted by molar-refractivity contribution is 5.80. The fourth-order valence-corrected chi connectivity index (χ4v) is 3.18. The minimum Gasteiger partial charge on any atom is -0.467 e. The maximum Gasteiger partial charge on any atom is 0.189 e. The van der Waals surface area contributed by atoms with E-state index >= 15 is 0 Å². The van der Waals surface area contributed by atoms with Gasteiger partial charge in [-0.2, -0.15) is 0 Å². The van der Waals surface area contributed by atoms with Gasteiger partial charge in [-0.15, -0.1) is 10.2 Å². The zero-order valence-electron chi connectivity index (χ0n) is 14.7. The van der Waals surface area contributed by atoms with Crippen LogP contribution in [0.3, 0.4) is 0 Å². The minimum atomic E-state index is 0.135. The van der Waals surface area contributed by atoms with Gasteiger partial charge in [0.1, 0.15) is 17.7 Å². The van der Waals surface area contributed by atoms with Crippen molar-refractivity contribution in [1.82, 2.24) is 10.2 Å². The SMILES string of the molecule is CCOCOc1cc(C=O)ccc1-c1nnc(NC)c2c1CCCC2. The van der Waals surface area contributed by atoms with Crippen molar-refractivity contribution in [2.24, 2.45) is 0 Å². The highest BCUT2D eigenvalue weighted by atomic mass is 16.7. The predicted octanol–water partition coefficient (Wildman–Crippen LogP) is 3.25. The maximum atomic E-state index is 11.1. The number of nitrogens with one attached hydrogen (secondary N) is 1. The molecule has 0 fully saturated rings. The van der Waals surface area contributed by atoms with E-state index in [4.69, 9.17) is 9.47 Å². The fraction of sp³-hybridized carbons (Fsp3) is 0.421. The van der Waals surface area contributed by atoms with Crippen molar-refractivity contribution < 1.29 is 14.3 Å². The molecule has 1 aromatic heterocycles. The molecule has 25 heavy (non-hydrogen) atoms. The molecular formula is C19H23N3O3. The van der Waals surface area contributed by atoms with Crippen molar-refractivity contribution in [2.75, 3.05) is 25.8 Å². The summed E-state index contributed by atoms with van der Waals surface area (Å²) in [6.07, 6.45) is 5.06. The molecular weight excluding hydrogens is 318 g/mol. The molecule has 0 atom stereocenters. The van der Waals surface area contributed by atoms with Crippen LogP contribution in [0.25, 0.3) is 11.3 Å². The minimum absolute atomic E-state index is 0.135. The largest absolute Gasteiger partial charge is 0.467 e. The zero-order chi connectivity index (χ0) is 17.6. The molecule has 6 nitrogen and oxygen atoms in total. The molecule has 0 amide bonds. The number of carbonyl (C=O) groups excluding carboxylic acids is 1. The molecule has 0 unspecified atom stereocenters. The van der Waals surface area contributed by atoms with Crippen molar-refractivity contribution in [3.8, 4) is 17.0 Å². The molecule has 0 saturated carbocycles.